The van der Waals surface area contributed by atoms with Crippen molar-refractivity contribution in [3.8, 4) is 5.69 Å². The van der Waals surface area contributed by atoms with Gasteiger partial charge in [0, 0.05) is 31.6 Å². The molecule has 1 spiro atoms. The van der Waals surface area contributed by atoms with Crippen LogP contribution in [-0.4, -0.2) is 38.6 Å². The molecule has 1 aliphatic carbocycles. The van der Waals surface area contributed by atoms with E-state index in [0.29, 0.717) is 15.8 Å². The Hall–Kier alpha value is -4.08. The number of hydrogen-bond donors (Lipinski definition) is 1. The van der Waals surface area contributed by atoms with Gasteiger partial charge in [0.25, 0.3) is 11.5 Å². The molecule has 1 aliphatic heterocycles. The Morgan fingerprint density at radius 1 is 1.03 bits per heavy atom. The van der Waals surface area contributed by atoms with Crippen LogP contribution in [0.1, 0.15) is 29.8 Å². The van der Waals surface area contributed by atoms with Crippen LogP contribution < -0.4 is 15.8 Å². The first kappa shape index (κ1) is 21.5. The summed E-state index contributed by atoms with van der Waals surface area (Å²) in [6.07, 6.45) is 5.33. The highest BCUT2D eigenvalue weighted by Gasteiger charge is 2.48. The molecule has 178 valence electrons. The summed E-state index contributed by atoms with van der Waals surface area (Å²) in [6.45, 7) is 1.80. The van der Waals surface area contributed by atoms with Gasteiger partial charge < -0.3 is 10.2 Å². The monoisotopic (exact) mass is 476 g/mol. The second-order valence-corrected chi connectivity index (χ2v) is 9.33. The normalized spacial score (nSPS) is 16.3. The minimum atomic E-state index is -0.954. The van der Waals surface area contributed by atoms with Gasteiger partial charge in [-0.2, -0.15) is 14.9 Å². The van der Waals surface area contributed by atoms with E-state index < -0.39 is 28.8 Å². The molecule has 0 bridgehead atoms. The number of nitrogens with one attached hydrogen (secondary N) is 1. The fourth-order valence-corrected chi connectivity index (χ4v) is 4.94. The summed E-state index contributed by atoms with van der Waals surface area (Å²) < 4.78 is 30.9. The smallest absolute Gasteiger partial charge is 0.276 e. The summed E-state index contributed by atoms with van der Waals surface area (Å²) in [7, 11) is 1.87. The topological polar surface area (TPSA) is 85.0 Å². The van der Waals surface area contributed by atoms with Crippen LogP contribution in [0, 0.1) is 17.0 Å². The molecule has 1 N–H and O–H groups in total. The van der Waals surface area contributed by atoms with Crippen molar-refractivity contribution in [1.82, 2.24) is 19.6 Å². The van der Waals surface area contributed by atoms with Crippen LogP contribution >= 0.6 is 0 Å². The number of aryl methyl sites for hydroxylation is 1. The van der Waals surface area contributed by atoms with Gasteiger partial charge in [0.05, 0.1) is 23.1 Å². The maximum absolute atomic E-state index is 14.3. The van der Waals surface area contributed by atoms with Crippen LogP contribution in [0.5, 0.6) is 0 Å². The van der Waals surface area contributed by atoms with Crippen LogP contribution in [0.4, 0.5) is 20.2 Å². The van der Waals surface area contributed by atoms with E-state index in [1.807, 2.05) is 19.2 Å². The summed E-state index contributed by atoms with van der Waals surface area (Å²) in [5, 5.41) is 12.2. The van der Waals surface area contributed by atoms with Gasteiger partial charge in [-0.25, -0.2) is 8.78 Å². The Kier molecular flexibility index (Phi) is 4.73. The van der Waals surface area contributed by atoms with Crippen molar-refractivity contribution in [3.63, 3.8) is 0 Å². The Morgan fingerprint density at radius 3 is 2.51 bits per heavy atom. The third-order valence-corrected chi connectivity index (χ3v) is 7.04. The summed E-state index contributed by atoms with van der Waals surface area (Å²) in [5.74, 6) is -2.51. The van der Waals surface area contributed by atoms with Gasteiger partial charge in [0.1, 0.15) is 11.4 Å². The Bertz CT molecular complexity index is 1540. The standard InChI is InChI=1S/C25H22F2N6O2/c1-31-20-7-5-18(22(15(20)13-28-31)32-12-11-25(14-32)9-10-25)29-24(35)19-6-8-21(34)33(30-19)23-16(26)3-2-4-17(23)27/h2-8,13H,9-12,14H2,1H3,(H,29,35). The second-order valence-electron chi connectivity index (χ2n) is 9.33. The summed E-state index contributed by atoms with van der Waals surface area (Å²) in [5.41, 5.74) is 1.25. The first-order valence-corrected chi connectivity index (χ1v) is 11.4. The van der Waals surface area contributed by atoms with E-state index in [0.717, 1.165) is 54.3 Å². The number of fused-ring (bicyclic) bond motifs is 1. The van der Waals surface area contributed by atoms with Gasteiger partial charge in [0.15, 0.2) is 11.6 Å². The molecule has 3 heterocycles. The molecular weight excluding hydrogens is 454 g/mol. The van der Waals surface area contributed by atoms with Crippen LogP contribution in [0.15, 0.2) is 53.5 Å². The number of aromatic nitrogens is 4. The minimum Gasteiger partial charge on any atom is -0.369 e. The van der Waals surface area contributed by atoms with Gasteiger partial charge in [-0.15, -0.1) is 0 Å². The van der Waals surface area contributed by atoms with Crippen molar-refractivity contribution in [3.05, 3.63) is 76.3 Å². The summed E-state index contributed by atoms with van der Waals surface area (Å²) >= 11 is 0. The zero-order valence-electron chi connectivity index (χ0n) is 19.0. The van der Waals surface area contributed by atoms with Crippen molar-refractivity contribution in [2.24, 2.45) is 12.5 Å². The molecule has 2 aromatic carbocycles. The van der Waals surface area contributed by atoms with Crippen molar-refractivity contribution in [2.75, 3.05) is 23.3 Å². The fourth-order valence-electron chi connectivity index (χ4n) is 4.94. The maximum Gasteiger partial charge on any atom is 0.276 e. The molecule has 1 saturated heterocycles. The Morgan fingerprint density at radius 2 is 1.80 bits per heavy atom. The number of nitrogens with zero attached hydrogens (tertiary/aromatic N) is 5. The number of anilines is 2. The first-order valence-electron chi connectivity index (χ1n) is 11.4. The SMILES string of the molecule is Cn1ncc2c(N3CCC4(CC4)C3)c(NC(=O)c3ccc(=O)n(-c4c(F)cccc4F)n3)ccc21. The predicted octanol–water partition coefficient (Wildman–Crippen LogP) is 3.64. The predicted molar refractivity (Wildman–Crippen MR) is 127 cm³/mol. The molecule has 6 rings (SSSR count). The zero-order chi connectivity index (χ0) is 24.3. The molecule has 4 aromatic rings. The molecule has 2 aliphatic rings. The van der Waals surface area contributed by atoms with Crippen LogP contribution in [0.3, 0.4) is 0 Å². The van der Waals surface area contributed by atoms with Crippen LogP contribution in [0.25, 0.3) is 16.6 Å². The van der Waals surface area contributed by atoms with E-state index in [1.54, 1.807) is 10.9 Å². The van der Waals surface area contributed by atoms with Crippen molar-refractivity contribution in [1.29, 1.82) is 0 Å². The van der Waals surface area contributed by atoms with E-state index in [1.165, 1.54) is 25.0 Å². The zero-order valence-corrected chi connectivity index (χ0v) is 19.0. The number of carbonyl (C=O) groups is 1. The third-order valence-electron chi connectivity index (χ3n) is 7.04. The number of para-hydroxylation sites is 1. The minimum absolute atomic E-state index is 0.149. The fraction of sp³-hybridized carbons (Fsp3) is 0.280. The Labute approximate surface area is 198 Å². The van der Waals surface area contributed by atoms with Crippen molar-refractivity contribution in [2.45, 2.75) is 19.3 Å². The van der Waals surface area contributed by atoms with Crippen LogP contribution in [-0.2, 0) is 7.05 Å². The molecule has 35 heavy (non-hydrogen) atoms. The van der Waals surface area contributed by atoms with Gasteiger partial charge in [-0.05, 0) is 55.0 Å². The van der Waals surface area contributed by atoms with Gasteiger partial charge in [-0.1, -0.05) is 6.07 Å². The summed E-state index contributed by atoms with van der Waals surface area (Å²) in [4.78, 5) is 27.8. The molecule has 2 aromatic heterocycles. The van der Waals surface area contributed by atoms with E-state index in [-0.39, 0.29) is 5.69 Å². The molecule has 8 nitrogen and oxygen atoms in total. The number of hydrogen-bond acceptors (Lipinski definition) is 5. The van der Waals surface area contributed by atoms with E-state index >= 15 is 0 Å². The van der Waals surface area contributed by atoms with E-state index in [2.05, 4.69) is 20.4 Å². The first-order chi connectivity index (χ1) is 16.8. The number of carbonyl (C=O) groups excluding carboxylic acids is 1. The molecule has 0 radical (unpaired) electrons. The lowest BCUT2D eigenvalue weighted by Gasteiger charge is -2.23. The van der Waals surface area contributed by atoms with Crippen molar-refractivity contribution >= 4 is 28.2 Å². The second kappa shape index (κ2) is 7.72. The average Bonchev–Trinajstić information content (AvgIpc) is 3.30. The van der Waals surface area contributed by atoms with Crippen molar-refractivity contribution < 1.29 is 13.6 Å². The lowest BCUT2D eigenvalue weighted by atomic mass is 10.1. The lowest BCUT2D eigenvalue weighted by Crippen LogP contribution is -2.27. The number of rotatable bonds is 4. The average molecular weight is 476 g/mol. The number of benzene rings is 2. The molecule has 0 unspecified atom stereocenters. The highest BCUT2D eigenvalue weighted by molar-refractivity contribution is 6.08. The van der Waals surface area contributed by atoms with Crippen LogP contribution in [0.2, 0.25) is 0 Å². The quantitative estimate of drug-likeness (QED) is 0.486. The van der Waals surface area contributed by atoms with Gasteiger partial charge >= 0.3 is 0 Å². The lowest BCUT2D eigenvalue weighted by molar-refractivity contribution is 0.102. The molecule has 1 saturated carbocycles. The van der Waals surface area contributed by atoms with Gasteiger partial charge in [-0.3, -0.25) is 14.3 Å². The number of amides is 1. The highest BCUT2D eigenvalue weighted by atomic mass is 19.1. The molecular formula is C25H22F2N6O2. The molecule has 10 heteroatoms. The maximum atomic E-state index is 14.3. The van der Waals surface area contributed by atoms with E-state index in [4.69, 9.17) is 0 Å². The molecule has 0 atom stereocenters. The largest absolute Gasteiger partial charge is 0.369 e. The Balaban J connectivity index is 1.38. The third kappa shape index (κ3) is 3.56. The molecule has 2 fully saturated rings. The summed E-state index contributed by atoms with van der Waals surface area (Å²) in [6, 6.07) is 9.25. The number of halogens is 2. The molecule has 1 amide bonds. The highest BCUT2D eigenvalue weighted by Crippen LogP contribution is 2.54. The van der Waals surface area contributed by atoms with E-state index in [9.17, 15) is 18.4 Å². The van der Waals surface area contributed by atoms with Gasteiger partial charge in [0.2, 0.25) is 0 Å².